The van der Waals surface area contributed by atoms with Crippen LogP contribution in [0.25, 0.3) is 0 Å². The standard InChI is InChI=1S/C48H73NO13/c1-25-13-33(9-8-32(50)16-41(52)53)57-45(18-25)10-11-48(62-45)30(6)15-37-38(60-48)17-39(56-37)43(54)47(55)22-35(51)31(7)42(61-47)28(4)20-46-19-26(2)14-36(58-46)34-21-44(23-40(34)59-46)29(5)12-27(3)24-49-44/h8-9,13,26-27,29-40,42-43,49-51,54-55H,4,10-12,14-24H2,1-3,5-7H3,(H,52,53)/t26-,27+,29-,30+,31-,32-,33+,34-,35-,36+,37+,38+,39?,40+,42+,43+,44+,45+,46+,47+,48+/m0/s1. The van der Waals surface area contributed by atoms with Gasteiger partial charge >= 0.3 is 5.97 Å². The number of ether oxygens (including phenoxy) is 7. The van der Waals surface area contributed by atoms with Gasteiger partial charge in [0.1, 0.15) is 6.10 Å². The maximum atomic E-state index is 12.2. The predicted octanol–water partition coefficient (Wildman–Crippen LogP) is 5.01. The van der Waals surface area contributed by atoms with Crippen LogP contribution in [0, 0.1) is 35.5 Å². The number of aliphatic carboxylic acids is 1. The Morgan fingerprint density at radius 1 is 0.903 bits per heavy atom. The van der Waals surface area contributed by atoms with Gasteiger partial charge in [0.25, 0.3) is 0 Å². The summed E-state index contributed by atoms with van der Waals surface area (Å²) in [6.07, 6.45) is 5.95. The molecule has 2 bridgehead atoms. The quantitative estimate of drug-likeness (QED) is 0.170. The number of aliphatic hydroxyl groups excluding tert-OH is 3. The van der Waals surface area contributed by atoms with Crippen molar-refractivity contribution in [3.63, 3.8) is 0 Å². The zero-order chi connectivity index (χ0) is 44.1. The van der Waals surface area contributed by atoms with Crippen molar-refractivity contribution in [3.8, 4) is 0 Å². The Bertz CT molecular complexity index is 1780. The van der Waals surface area contributed by atoms with Crippen LogP contribution in [0.4, 0.5) is 0 Å². The van der Waals surface area contributed by atoms with Crippen molar-refractivity contribution in [1.29, 1.82) is 0 Å². The highest BCUT2D eigenvalue weighted by molar-refractivity contribution is 5.67. The van der Waals surface area contributed by atoms with Crippen molar-refractivity contribution in [2.45, 2.75) is 215 Å². The molecule has 1 aliphatic carbocycles. The summed E-state index contributed by atoms with van der Waals surface area (Å²) in [7, 11) is 0. The molecule has 0 radical (unpaired) electrons. The minimum absolute atomic E-state index is 0.0536. The maximum absolute atomic E-state index is 12.2. The Hall–Kier alpha value is -1.79. The summed E-state index contributed by atoms with van der Waals surface area (Å²) < 4.78 is 47.2. The molecule has 8 fully saturated rings. The summed E-state index contributed by atoms with van der Waals surface area (Å²) in [6, 6.07) is 0. The summed E-state index contributed by atoms with van der Waals surface area (Å²) in [4.78, 5) is 11.1. The highest BCUT2D eigenvalue weighted by Gasteiger charge is 2.64. The molecule has 9 rings (SSSR count). The van der Waals surface area contributed by atoms with E-state index in [0.717, 1.165) is 37.8 Å². The molecule has 348 valence electrons. The summed E-state index contributed by atoms with van der Waals surface area (Å²) in [5, 5.41) is 58.8. The molecule has 8 heterocycles. The maximum Gasteiger partial charge on any atom is 0.306 e. The fraction of sp³-hybridized carbons (Fsp3) is 0.854. The normalized spacial score (nSPS) is 52.3. The first-order chi connectivity index (χ1) is 29.2. The predicted molar refractivity (Wildman–Crippen MR) is 225 cm³/mol. The van der Waals surface area contributed by atoms with Crippen molar-refractivity contribution in [2.75, 3.05) is 6.54 Å². The first-order valence-corrected chi connectivity index (χ1v) is 23.7. The summed E-state index contributed by atoms with van der Waals surface area (Å²) >= 11 is 0. The molecule has 3 spiro atoms. The van der Waals surface area contributed by atoms with E-state index in [2.05, 4.69) is 39.6 Å². The third kappa shape index (κ3) is 8.33. The van der Waals surface area contributed by atoms with E-state index in [-0.39, 0.29) is 42.6 Å². The minimum Gasteiger partial charge on any atom is -0.481 e. The smallest absolute Gasteiger partial charge is 0.306 e. The number of carboxylic acid groups (broad SMARTS) is 1. The van der Waals surface area contributed by atoms with Crippen LogP contribution in [0.5, 0.6) is 0 Å². The highest BCUT2D eigenvalue weighted by Crippen LogP contribution is 2.57. The molecule has 21 atom stereocenters. The topological polar surface area (TPSA) is 195 Å². The van der Waals surface area contributed by atoms with E-state index in [0.29, 0.717) is 61.3 Å². The van der Waals surface area contributed by atoms with Gasteiger partial charge in [-0.3, -0.25) is 4.79 Å². The Morgan fingerprint density at radius 2 is 1.68 bits per heavy atom. The zero-order valence-electron chi connectivity index (χ0n) is 37.6. The van der Waals surface area contributed by atoms with Crippen LogP contribution >= 0.6 is 0 Å². The molecule has 6 N–H and O–H groups in total. The Labute approximate surface area is 366 Å². The van der Waals surface area contributed by atoms with Crippen LogP contribution in [-0.4, -0.2) is 128 Å². The number of aliphatic hydroxyl groups is 4. The lowest BCUT2D eigenvalue weighted by Gasteiger charge is -2.53. The fourth-order valence-electron chi connectivity index (χ4n) is 13.5. The van der Waals surface area contributed by atoms with Gasteiger partial charge in [-0.1, -0.05) is 65.0 Å². The number of hydrogen-bond donors (Lipinski definition) is 6. The zero-order valence-corrected chi connectivity index (χ0v) is 37.6. The number of rotatable bonds is 9. The van der Waals surface area contributed by atoms with E-state index in [4.69, 9.17) is 38.3 Å². The summed E-state index contributed by atoms with van der Waals surface area (Å²) in [6.45, 7) is 18.5. The number of carboxylic acids is 1. The van der Waals surface area contributed by atoms with Crippen LogP contribution in [0.2, 0.25) is 0 Å². The third-order valence-corrected chi connectivity index (χ3v) is 16.7. The molecule has 14 heteroatoms. The fourth-order valence-corrected chi connectivity index (χ4v) is 13.5. The first-order valence-electron chi connectivity index (χ1n) is 23.7. The van der Waals surface area contributed by atoms with E-state index in [1.165, 1.54) is 12.5 Å². The van der Waals surface area contributed by atoms with Gasteiger partial charge in [-0.2, -0.15) is 0 Å². The summed E-state index contributed by atoms with van der Waals surface area (Å²) in [5.74, 6) is -4.60. The van der Waals surface area contributed by atoms with Gasteiger partial charge in [0.2, 0.25) is 0 Å². The molecular weight excluding hydrogens is 799 g/mol. The molecular formula is C48H73NO13. The lowest BCUT2D eigenvalue weighted by molar-refractivity contribution is -0.366. The molecule has 14 nitrogen and oxygen atoms in total. The molecule has 62 heavy (non-hydrogen) atoms. The van der Waals surface area contributed by atoms with Crippen molar-refractivity contribution in [3.05, 3.63) is 36.0 Å². The molecule has 0 aromatic carbocycles. The second-order valence-electron chi connectivity index (χ2n) is 21.8. The van der Waals surface area contributed by atoms with E-state index in [9.17, 15) is 25.2 Å². The van der Waals surface area contributed by atoms with Gasteiger partial charge in [-0.15, -0.1) is 0 Å². The number of hydrogen-bond acceptors (Lipinski definition) is 13. The lowest BCUT2D eigenvalue weighted by Crippen LogP contribution is -2.61. The Morgan fingerprint density at radius 3 is 2.44 bits per heavy atom. The van der Waals surface area contributed by atoms with E-state index < -0.39 is 84.2 Å². The van der Waals surface area contributed by atoms with Gasteiger partial charge in [0.15, 0.2) is 23.1 Å². The molecule has 0 aromatic heterocycles. The number of piperidine rings is 1. The van der Waals surface area contributed by atoms with Crippen molar-refractivity contribution >= 4 is 5.97 Å². The van der Waals surface area contributed by atoms with Crippen LogP contribution in [0.15, 0.2) is 36.0 Å². The second-order valence-corrected chi connectivity index (χ2v) is 21.8. The second kappa shape index (κ2) is 16.5. The van der Waals surface area contributed by atoms with Crippen molar-refractivity contribution in [2.24, 2.45) is 35.5 Å². The van der Waals surface area contributed by atoms with Gasteiger partial charge in [0, 0.05) is 68.2 Å². The van der Waals surface area contributed by atoms with E-state index in [1.54, 1.807) is 6.08 Å². The average molecular weight is 872 g/mol. The molecule has 0 aromatic rings. The van der Waals surface area contributed by atoms with Gasteiger partial charge in [-0.25, -0.2) is 0 Å². The van der Waals surface area contributed by atoms with Crippen LogP contribution in [0.3, 0.4) is 0 Å². The van der Waals surface area contributed by atoms with Gasteiger partial charge in [-0.05, 0) is 68.9 Å². The number of carbonyl (C=O) groups is 1. The molecule has 8 aliphatic heterocycles. The summed E-state index contributed by atoms with van der Waals surface area (Å²) in [5.41, 5.74) is 1.77. The largest absolute Gasteiger partial charge is 0.481 e. The van der Waals surface area contributed by atoms with Gasteiger partial charge in [0.05, 0.1) is 61.4 Å². The van der Waals surface area contributed by atoms with Crippen LogP contribution in [0.1, 0.15) is 125 Å². The van der Waals surface area contributed by atoms with Crippen molar-refractivity contribution < 1.29 is 63.5 Å². The lowest BCUT2D eigenvalue weighted by atomic mass is 9.74. The van der Waals surface area contributed by atoms with Crippen LogP contribution in [-0.2, 0) is 38.0 Å². The Kier molecular flexibility index (Phi) is 12.1. The number of fused-ring (bicyclic) bond motifs is 5. The molecule has 1 unspecified atom stereocenters. The van der Waals surface area contributed by atoms with E-state index >= 15 is 0 Å². The van der Waals surface area contributed by atoms with Crippen molar-refractivity contribution in [1.82, 2.24) is 5.32 Å². The monoisotopic (exact) mass is 872 g/mol. The molecule has 1 saturated carbocycles. The highest BCUT2D eigenvalue weighted by atomic mass is 16.8. The first kappa shape index (κ1) is 45.4. The molecule has 0 amide bonds. The molecule has 9 aliphatic rings. The third-order valence-electron chi connectivity index (χ3n) is 16.7. The van der Waals surface area contributed by atoms with Crippen LogP contribution < -0.4 is 5.32 Å². The van der Waals surface area contributed by atoms with Gasteiger partial charge < -0.3 is 64.0 Å². The number of nitrogens with one attached hydrogen (secondary N) is 1. The molecule has 7 saturated heterocycles. The average Bonchev–Trinajstić information content (AvgIpc) is 3.87. The Balaban J connectivity index is 0.849. The minimum atomic E-state index is -2.12. The van der Waals surface area contributed by atoms with E-state index in [1.807, 2.05) is 19.9 Å². The SMILES string of the molecule is C=C(C[C@]12C[C@@H](C)C[C@@H](O1)[C@@H]1C[C@]3(C[C@H]1O2)NC[C@H](C)C[C@@H]3C)[C@H]1O[C@@](O)([C@H](O)C2C[C@H]3O[C@@]4(CC[C@]5(CC(C)=C[C@@H](C=C[C@H](O)CC(=O)O)O5)O4)[C@H](C)C[C@H]3O2)C[C@H](O)[C@@H]1C.